The zero-order chi connectivity index (χ0) is 17.6. The van der Waals surface area contributed by atoms with E-state index in [2.05, 4.69) is 12.2 Å². The van der Waals surface area contributed by atoms with E-state index in [0.29, 0.717) is 12.8 Å². The van der Waals surface area contributed by atoms with Crippen LogP contribution >= 0.6 is 0 Å². The number of carbonyl (C=O) groups excluding carboxylic acids is 1. The summed E-state index contributed by atoms with van der Waals surface area (Å²) in [5, 5.41) is 17.3. The van der Waals surface area contributed by atoms with Crippen molar-refractivity contribution in [1.29, 1.82) is 0 Å². The summed E-state index contributed by atoms with van der Waals surface area (Å²) in [5.74, 6) is -0.409. The second kappa shape index (κ2) is 12.7. The van der Waals surface area contributed by atoms with E-state index >= 15 is 0 Å². The summed E-state index contributed by atoms with van der Waals surface area (Å²) < 4.78 is 0. The monoisotopic (exact) mass is 334 g/mol. The lowest BCUT2D eigenvalue weighted by Crippen LogP contribution is -2.13. The number of ketones is 1. The third-order valence-corrected chi connectivity index (χ3v) is 4.27. The van der Waals surface area contributed by atoms with Crippen molar-refractivity contribution < 1.29 is 19.8 Å². The Morgan fingerprint density at radius 3 is 2.54 bits per heavy atom. The van der Waals surface area contributed by atoms with E-state index in [1.54, 1.807) is 6.08 Å². The van der Waals surface area contributed by atoms with Crippen LogP contribution in [0.15, 0.2) is 36.5 Å². The van der Waals surface area contributed by atoms with Crippen LogP contribution in [0.25, 0.3) is 0 Å². The van der Waals surface area contributed by atoms with Crippen molar-refractivity contribution in [2.75, 3.05) is 6.61 Å². The van der Waals surface area contributed by atoms with Gasteiger partial charge in [0.25, 0.3) is 0 Å². The van der Waals surface area contributed by atoms with E-state index in [1.807, 2.05) is 18.2 Å². The lowest BCUT2D eigenvalue weighted by molar-refractivity contribution is -0.137. The second-order valence-corrected chi connectivity index (χ2v) is 6.29. The second-order valence-electron chi connectivity index (χ2n) is 6.29. The Labute approximate surface area is 145 Å². The van der Waals surface area contributed by atoms with Crippen LogP contribution in [0.2, 0.25) is 0 Å². The van der Waals surface area contributed by atoms with E-state index in [0.717, 1.165) is 38.5 Å². The average molecular weight is 334 g/mol. The van der Waals surface area contributed by atoms with Gasteiger partial charge in [0.05, 0.1) is 0 Å². The van der Waals surface area contributed by atoms with Gasteiger partial charge >= 0.3 is 5.97 Å². The molecule has 134 valence electrons. The predicted octanol–water partition coefficient (Wildman–Crippen LogP) is 4.06. The van der Waals surface area contributed by atoms with Gasteiger partial charge in [0.1, 0.15) is 0 Å². The van der Waals surface area contributed by atoms with Crippen LogP contribution in [0.5, 0.6) is 0 Å². The van der Waals surface area contributed by atoms with Gasteiger partial charge in [0, 0.05) is 24.9 Å². The number of carboxylic acids is 1. The highest BCUT2D eigenvalue weighted by Gasteiger charge is 2.26. The predicted molar refractivity (Wildman–Crippen MR) is 95.7 cm³/mol. The van der Waals surface area contributed by atoms with Crippen molar-refractivity contribution in [2.45, 2.75) is 57.8 Å². The maximum Gasteiger partial charge on any atom is 0.303 e. The minimum Gasteiger partial charge on any atom is -0.481 e. The molecule has 0 aromatic carbocycles. The fraction of sp³-hybridized carbons (Fsp3) is 0.600. The number of hydrogen-bond donors (Lipinski definition) is 2. The van der Waals surface area contributed by atoms with E-state index in [-0.39, 0.29) is 30.6 Å². The molecule has 0 fully saturated rings. The third kappa shape index (κ3) is 8.82. The number of unbranched alkanes of at least 4 members (excludes halogenated alkanes) is 5. The highest BCUT2D eigenvalue weighted by molar-refractivity contribution is 5.95. The average Bonchev–Trinajstić information content (AvgIpc) is 2.90. The Morgan fingerprint density at radius 1 is 1.04 bits per heavy atom. The molecular formula is C20H30O4. The van der Waals surface area contributed by atoms with E-state index in [4.69, 9.17) is 10.2 Å². The fourth-order valence-electron chi connectivity index (χ4n) is 2.84. The molecule has 4 heteroatoms. The summed E-state index contributed by atoms with van der Waals surface area (Å²) in [4.78, 5) is 22.4. The number of aliphatic carboxylic acids is 1. The molecule has 0 bridgehead atoms. The molecular weight excluding hydrogens is 304 g/mol. The summed E-state index contributed by atoms with van der Waals surface area (Å²) in [6.07, 6.45) is 19.5. The molecule has 0 radical (unpaired) electrons. The van der Waals surface area contributed by atoms with Gasteiger partial charge in [0.15, 0.2) is 5.78 Å². The first kappa shape index (κ1) is 20.4. The quantitative estimate of drug-likeness (QED) is 0.393. The van der Waals surface area contributed by atoms with Crippen molar-refractivity contribution in [1.82, 2.24) is 0 Å². The first-order chi connectivity index (χ1) is 11.6. The highest BCUT2D eigenvalue weighted by atomic mass is 16.4. The van der Waals surface area contributed by atoms with Crippen LogP contribution < -0.4 is 0 Å². The maximum absolute atomic E-state index is 11.9. The van der Waals surface area contributed by atoms with Gasteiger partial charge < -0.3 is 10.2 Å². The van der Waals surface area contributed by atoms with Crippen LogP contribution in [0.3, 0.4) is 0 Å². The minimum atomic E-state index is -0.764. The molecule has 0 aromatic rings. The third-order valence-electron chi connectivity index (χ3n) is 4.27. The normalized spacial score (nSPS) is 20.6. The molecule has 0 spiro atoms. The summed E-state index contributed by atoms with van der Waals surface area (Å²) in [7, 11) is 0. The Balaban J connectivity index is 2.26. The summed E-state index contributed by atoms with van der Waals surface area (Å²) >= 11 is 0. The molecule has 0 aliphatic heterocycles. The van der Waals surface area contributed by atoms with Gasteiger partial charge in [-0.25, -0.2) is 0 Å². The Hall–Kier alpha value is -1.68. The molecule has 0 amide bonds. The van der Waals surface area contributed by atoms with Crippen LogP contribution in [-0.4, -0.2) is 28.6 Å². The molecule has 0 unspecified atom stereocenters. The SMILES string of the molecule is O=C(O)CCC/C=C\C[C@H]1C(=O)C=C[C@@H]1C=CCCCCCCO. The van der Waals surface area contributed by atoms with Gasteiger partial charge in [-0.2, -0.15) is 0 Å². The Morgan fingerprint density at radius 2 is 1.79 bits per heavy atom. The van der Waals surface area contributed by atoms with Gasteiger partial charge in [-0.15, -0.1) is 0 Å². The molecule has 0 saturated heterocycles. The Bertz CT molecular complexity index is 462. The number of aliphatic hydroxyl groups excluding tert-OH is 1. The van der Waals surface area contributed by atoms with Crippen LogP contribution in [0, 0.1) is 11.8 Å². The Kier molecular flexibility index (Phi) is 10.8. The van der Waals surface area contributed by atoms with E-state index < -0.39 is 5.97 Å². The molecule has 1 rings (SSSR count). The van der Waals surface area contributed by atoms with Gasteiger partial charge in [0.2, 0.25) is 0 Å². The molecule has 24 heavy (non-hydrogen) atoms. The molecule has 2 atom stereocenters. The molecule has 0 saturated carbocycles. The molecule has 0 heterocycles. The zero-order valence-corrected chi connectivity index (χ0v) is 14.4. The fourth-order valence-corrected chi connectivity index (χ4v) is 2.84. The number of carbonyl (C=O) groups is 2. The largest absolute Gasteiger partial charge is 0.481 e. The van der Waals surface area contributed by atoms with Gasteiger partial charge in [-0.3, -0.25) is 9.59 Å². The van der Waals surface area contributed by atoms with E-state index in [9.17, 15) is 9.59 Å². The zero-order valence-electron chi connectivity index (χ0n) is 14.4. The van der Waals surface area contributed by atoms with Gasteiger partial charge in [-0.05, 0) is 44.6 Å². The first-order valence-corrected chi connectivity index (χ1v) is 9.01. The van der Waals surface area contributed by atoms with Crippen molar-refractivity contribution in [3.63, 3.8) is 0 Å². The minimum absolute atomic E-state index is 0.00800. The number of rotatable bonds is 13. The molecule has 1 aliphatic carbocycles. The number of allylic oxidation sites excluding steroid dienone is 6. The van der Waals surface area contributed by atoms with Crippen LogP contribution in [0.1, 0.15) is 57.8 Å². The summed E-state index contributed by atoms with van der Waals surface area (Å²) in [6.45, 7) is 0.274. The smallest absolute Gasteiger partial charge is 0.303 e. The maximum atomic E-state index is 11.9. The van der Waals surface area contributed by atoms with Crippen LogP contribution in [0.4, 0.5) is 0 Å². The standard InChI is InChI=1S/C20H30O4/c21-16-10-6-2-1-3-7-11-17-14-15-19(22)18(17)12-8-4-5-9-13-20(23)24/h4,7-8,11,14-15,17-18,21H,1-3,5-6,9-10,12-13,16H2,(H,23,24)/b8-4-,11-7?/t17-,18+/m0/s1. The van der Waals surface area contributed by atoms with Crippen molar-refractivity contribution >= 4 is 11.8 Å². The molecule has 1 aliphatic rings. The summed E-state index contributed by atoms with van der Waals surface area (Å²) in [5.41, 5.74) is 0. The first-order valence-electron chi connectivity index (χ1n) is 9.01. The summed E-state index contributed by atoms with van der Waals surface area (Å²) in [6, 6.07) is 0. The topological polar surface area (TPSA) is 74.6 Å². The van der Waals surface area contributed by atoms with Crippen molar-refractivity contribution in [3.05, 3.63) is 36.5 Å². The molecule has 2 N–H and O–H groups in total. The van der Waals surface area contributed by atoms with E-state index in [1.165, 1.54) is 0 Å². The number of carboxylic acid groups (broad SMARTS) is 1. The number of hydrogen-bond acceptors (Lipinski definition) is 3. The van der Waals surface area contributed by atoms with Crippen LogP contribution in [-0.2, 0) is 9.59 Å². The lowest BCUT2D eigenvalue weighted by atomic mass is 9.90. The molecule has 0 aromatic heterocycles. The van der Waals surface area contributed by atoms with Crippen molar-refractivity contribution in [3.8, 4) is 0 Å². The van der Waals surface area contributed by atoms with Crippen molar-refractivity contribution in [2.24, 2.45) is 11.8 Å². The molecule has 4 nitrogen and oxygen atoms in total. The van der Waals surface area contributed by atoms with Gasteiger partial charge in [-0.1, -0.05) is 43.2 Å². The highest BCUT2D eigenvalue weighted by Crippen LogP contribution is 2.27. The lowest BCUT2D eigenvalue weighted by Gasteiger charge is -2.12. The number of aliphatic hydroxyl groups is 1.